The van der Waals surface area contributed by atoms with Gasteiger partial charge in [-0.2, -0.15) is 0 Å². The molecular formula is C7H4CaF4O2. The molecule has 1 rings (SSSR count). The third-order valence-corrected chi connectivity index (χ3v) is 1.33. The van der Waals surface area contributed by atoms with Crippen molar-refractivity contribution in [1.29, 1.82) is 0 Å². The van der Waals surface area contributed by atoms with E-state index in [2.05, 4.69) is 0 Å². The van der Waals surface area contributed by atoms with E-state index in [0.29, 0.717) is 0 Å². The van der Waals surface area contributed by atoms with E-state index in [4.69, 9.17) is 5.11 Å². The van der Waals surface area contributed by atoms with E-state index in [9.17, 15) is 22.4 Å². The number of halogens is 4. The van der Waals surface area contributed by atoms with Crippen LogP contribution in [0.1, 0.15) is 13.2 Å². The van der Waals surface area contributed by atoms with Gasteiger partial charge in [0.25, 0.3) is 0 Å². The van der Waals surface area contributed by atoms with Crippen LogP contribution >= 0.6 is 0 Å². The van der Waals surface area contributed by atoms with E-state index in [0.717, 1.165) is 0 Å². The molecule has 0 aliphatic rings. The molecule has 0 bridgehead atoms. The average Bonchev–Trinajstić information content (AvgIpc) is 2.07. The molecule has 0 aliphatic heterocycles. The Kier molecular flexibility index (Phi) is 4.83. The summed E-state index contributed by atoms with van der Waals surface area (Å²) in [5.41, 5.74) is -1.24. The van der Waals surface area contributed by atoms with Crippen LogP contribution in [0.25, 0.3) is 0 Å². The topological polar surface area (TPSA) is 37.3 Å². The summed E-state index contributed by atoms with van der Waals surface area (Å²) in [4.78, 5) is 10.1. The van der Waals surface area contributed by atoms with Crippen molar-refractivity contribution in [3.63, 3.8) is 0 Å². The monoisotopic (exact) mass is 236 g/mol. The summed E-state index contributed by atoms with van der Waals surface area (Å²) in [5.74, 6) is -9.67. The first-order chi connectivity index (χ1) is 5.95. The molecule has 1 N–H and O–H groups in total. The van der Waals surface area contributed by atoms with E-state index in [1.807, 2.05) is 0 Å². The van der Waals surface area contributed by atoms with Gasteiger partial charge in [-0.15, -0.1) is 0 Å². The Morgan fingerprint density at radius 1 is 1.14 bits per heavy atom. The second-order valence-corrected chi connectivity index (χ2v) is 2.15. The molecule has 0 spiro atoms. The van der Waals surface area contributed by atoms with Crippen LogP contribution < -0.4 is 0 Å². The summed E-state index contributed by atoms with van der Waals surface area (Å²) in [6.45, 7) is 0. The van der Waals surface area contributed by atoms with Gasteiger partial charge in [0.1, 0.15) is 5.56 Å². The third kappa shape index (κ3) is 2.37. The Morgan fingerprint density at radius 2 is 1.64 bits per heavy atom. The fraction of sp³-hybridized carbons (Fsp3) is 0. The predicted molar refractivity (Wildman–Crippen MR) is 41.2 cm³/mol. The fourth-order valence-electron chi connectivity index (χ4n) is 0.728. The first-order valence-corrected chi connectivity index (χ1v) is 3.01. The van der Waals surface area contributed by atoms with Crippen molar-refractivity contribution >= 4 is 43.7 Å². The predicted octanol–water partition coefficient (Wildman–Crippen LogP) is 1.79. The van der Waals surface area contributed by atoms with Crippen LogP contribution in [-0.4, -0.2) is 48.8 Å². The first kappa shape index (κ1) is 13.7. The van der Waals surface area contributed by atoms with Crippen molar-refractivity contribution in [3.05, 3.63) is 34.9 Å². The Bertz CT molecular complexity index is 389. The minimum absolute atomic E-state index is 0. The van der Waals surface area contributed by atoms with Crippen LogP contribution in [0.2, 0.25) is 0 Å². The van der Waals surface area contributed by atoms with Gasteiger partial charge >= 0.3 is 43.7 Å². The van der Waals surface area contributed by atoms with Crippen LogP contribution in [-0.2, 0) is 0 Å². The van der Waals surface area contributed by atoms with E-state index in [-0.39, 0.29) is 46.7 Å². The summed E-state index contributed by atoms with van der Waals surface area (Å²) in [6.07, 6.45) is 0. The molecule has 0 atom stereocenters. The van der Waals surface area contributed by atoms with Crippen molar-refractivity contribution in [3.8, 4) is 0 Å². The smallest absolute Gasteiger partial charge is 1.00 e. The number of carboxylic acids is 1. The molecular weight excluding hydrogens is 232 g/mol. The maximum Gasteiger partial charge on any atom is 2.00 e. The fourth-order valence-corrected chi connectivity index (χ4v) is 0.728. The standard InChI is InChI=1S/C7H2F4O2.Ca.2H/c8-3-1-2(7(12)13)4(9)6(11)5(3)10;;;/h1H,(H,12,13);;;/q;+2;2*-1. The van der Waals surface area contributed by atoms with Gasteiger partial charge in [0.15, 0.2) is 23.3 Å². The number of carbonyl (C=O) groups is 1. The molecule has 0 aromatic heterocycles. The second-order valence-electron chi connectivity index (χ2n) is 2.15. The Balaban J connectivity index is -0.000000563. The number of hydrogen-bond donors (Lipinski definition) is 1. The zero-order chi connectivity index (χ0) is 10.2. The molecule has 0 saturated carbocycles. The summed E-state index contributed by atoms with van der Waals surface area (Å²) >= 11 is 0. The molecule has 0 unspecified atom stereocenters. The van der Waals surface area contributed by atoms with Crippen molar-refractivity contribution in [2.45, 2.75) is 0 Å². The molecule has 0 aliphatic carbocycles. The zero-order valence-corrected chi connectivity index (χ0v) is 8.86. The van der Waals surface area contributed by atoms with E-state index < -0.39 is 34.8 Å². The minimum Gasteiger partial charge on any atom is -1.00 e. The SMILES string of the molecule is O=C(O)c1cc(F)c(F)c(F)c1F.[Ca+2].[H-].[H-]. The van der Waals surface area contributed by atoms with Crippen molar-refractivity contribution in [1.82, 2.24) is 0 Å². The van der Waals surface area contributed by atoms with Gasteiger partial charge in [-0.1, -0.05) is 0 Å². The van der Waals surface area contributed by atoms with Crippen LogP contribution in [0.3, 0.4) is 0 Å². The molecule has 0 amide bonds. The zero-order valence-electron chi connectivity index (χ0n) is 8.65. The van der Waals surface area contributed by atoms with Crippen LogP contribution in [0.5, 0.6) is 0 Å². The van der Waals surface area contributed by atoms with E-state index in [1.54, 1.807) is 0 Å². The molecule has 2 nitrogen and oxygen atoms in total. The molecule has 7 heteroatoms. The van der Waals surface area contributed by atoms with Gasteiger partial charge in [0.2, 0.25) is 0 Å². The van der Waals surface area contributed by atoms with E-state index in [1.165, 1.54) is 0 Å². The maximum absolute atomic E-state index is 12.5. The Morgan fingerprint density at radius 3 is 2.07 bits per heavy atom. The Hall–Kier alpha value is -0.330. The van der Waals surface area contributed by atoms with E-state index >= 15 is 0 Å². The molecule has 14 heavy (non-hydrogen) atoms. The number of carboxylic acid groups (broad SMARTS) is 1. The molecule has 0 radical (unpaired) electrons. The maximum atomic E-state index is 12.5. The van der Waals surface area contributed by atoms with Gasteiger partial charge in [0, 0.05) is 0 Å². The van der Waals surface area contributed by atoms with Crippen LogP contribution in [0.4, 0.5) is 17.6 Å². The number of aromatic carboxylic acids is 1. The van der Waals surface area contributed by atoms with Crippen molar-refractivity contribution in [2.24, 2.45) is 0 Å². The van der Waals surface area contributed by atoms with Crippen LogP contribution in [0.15, 0.2) is 6.07 Å². The van der Waals surface area contributed by atoms with Gasteiger partial charge < -0.3 is 7.96 Å². The summed E-state index contributed by atoms with van der Waals surface area (Å²) in [6, 6.07) is 0.0794. The second kappa shape index (κ2) is 4.95. The third-order valence-electron chi connectivity index (χ3n) is 1.33. The summed E-state index contributed by atoms with van der Waals surface area (Å²) in [7, 11) is 0. The van der Waals surface area contributed by atoms with Crippen molar-refractivity contribution < 1.29 is 30.3 Å². The van der Waals surface area contributed by atoms with Gasteiger partial charge in [-0.05, 0) is 6.07 Å². The van der Waals surface area contributed by atoms with Gasteiger partial charge in [-0.3, -0.25) is 0 Å². The molecule has 0 saturated heterocycles. The molecule has 0 heterocycles. The quantitative estimate of drug-likeness (QED) is 0.349. The molecule has 1 aromatic rings. The number of benzene rings is 1. The minimum atomic E-state index is -2.13. The largest absolute Gasteiger partial charge is 2.00 e. The molecule has 74 valence electrons. The molecule has 0 fully saturated rings. The van der Waals surface area contributed by atoms with Gasteiger partial charge in [-0.25, -0.2) is 22.4 Å². The number of rotatable bonds is 1. The Labute approximate surface area is 108 Å². The van der Waals surface area contributed by atoms with Gasteiger partial charge in [0.05, 0.1) is 0 Å². The van der Waals surface area contributed by atoms with Crippen LogP contribution in [0, 0.1) is 23.3 Å². The normalized spacial score (nSPS) is 9.43. The number of hydrogen-bond acceptors (Lipinski definition) is 1. The first-order valence-electron chi connectivity index (χ1n) is 3.01. The average molecular weight is 236 g/mol. The molecule has 1 aromatic carbocycles. The summed E-state index contributed by atoms with van der Waals surface area (Å²) < 4.78 is 49.5. The summed E-state index contributed by atoms with van der Waals surface area (Å²) in [5, 5.41) is 8.21. The van der Waals surface area contributed by atoms with Crippen molar-refractivity contribution in [2.75, 3.05) is 0 Å².